The van der Waals surface area contributed by atoms with Gasteiger partial charge in [-0.3, -0.25) is 4.90 Å². The lowest BCUT2D eigenvalue weighted by Gasteiger charge is -2.27. The fourth-order valence-corrected chi connectivity index (χ4v) is 6.37. The molecule has 5 rings (SSSR count). The zero-order valence-electron chi connectivity index (χ0n) is 22.0. The summed E-state index contributed by atoms with van der Waals surface area (Å²) in [6.07, 6.45) is 8.01. The van der Waals surface area contributed by atoms with E-state index < -0.39 is 9.71 Å². The van der Waals surface area contributed by atoms with E-state index in [1.165, 1.54) is 31.3 Å². The summed E-state index contributed by atoms with van der Waals surface area (Å²) in [5.74, 6) is 0.603. The van der Waals surface area contributed by atoms with Gasteiger partial charge in [0.2, 0.25) is 0 Å². The van der Waals surface area contributed by atoms with Crippen LogP contribution in [-0.2, 0) is 9.71 Å². The van der Waals surface area contributed by atoms with Crippen molar-refractivity contribution in [2.75, 3.05) is 35.9 Å². The Kier molecular flexibility index (Phi) is 8.01. The zero-order chi connectivity index (χ0) is 26.7. The van der Waals surface area contributed by atoms with Crippen LogP contribution < -0.4 is 14.8 Å². The second-order valence-corrected chi connectivity index (χ2v) is 12.7. The third-order valence-electron chi connectivity index (χ3n) is 7.24. The molecule has 1 saturated carbocycles. The van der Waals surface area contributed by atoms with Crippen molar-refractivity contribution in [1.82, 2.24) is 14.9 Å². The predicted octanol–water partition coefficient (Wildman–Crippen LogP) is 4.64. The van der Waals surface area contributed by atoms with Crippen LogP contribution in [0.5, 0.6) is 5.75 Å². The van der Waals surface area contributed by atoms with Crippen LogP contribution in [0.4, 0.5) is 21.6 Å². The first-order chi connectivity index (χ1) is 18.3. The second-order valence-electron chi connectivity index (χ2n) is 10.4. The minimum absolute atomic E-state index is 0.0792. The number of aryl methyl sites for hydroxylation is 1. The van der Waals surface area contributed by atoms with E-state index in [1.54, 1.807) is 12.3 Å². The van der Waals surface area contributed by atoms with Gasteiger partial charge in [-0.25, -0.2) is 18.6 Å². The number of likely N-dealkylation sites (tertiary alicyclic amines) is 1. The molecule has 1 atom stereocenters. The van der Waals surface area contributed by atoms with E-state index in [0.717, 1.165) is 42.6 Å². The molecule has 10 heteroatoms. The average Bonchev–Trinajstić information content (AvgIpc) is 3.39. The molecule has 3 aromatic rings. The highest BCUT2D eigenvalue weighted by Crippen LogP contribution is 2.35. The van der Waals surface area contributed by atoms with Gasteiger partial charge in [-0.05, 0) is 88.4 Å². The van der Waals surface area contributed by atoms with Crippen molar-refractivity contribution in [3.8, 4) is 5.75 Å². The number of hydrogen-bond donors (Lipinski definition) is 3. The molecule has 1 aromatic heterocycles. The maximum atomic E-state index is 14.1. The smallest absolute Gasteiger partial charge is 0.146 e. The molecule has 1 saturated heterocycles. The number of hydrogen-bond acceptors (Lipinski definition) is 7. The minimum atomic E-state index is -2.39. The van der Waals surface area contributed by atoms with Crippen LogP contribution >= 0.6 is 0 Å². The van der Waals surface area contributed by atoms with E-state index in [9.17, 15) is 13.7 Å². The molecule has 8 nitrogen and oxygen atoms in total. The van der Waals surface area contributed by atoms with E-state index in [0.29, 0.717) is 42.2 Å². The number of aromatic nitrogens is 2. The molecule has 2 heterocycles. The molecular formula is C28H36FN5O3S. The van der Waals surface area contributed by atoms with Crippen molar-refractivity contribution in [3.05, 3.63) is 48.0 Å². The van der Waals surface area contributed by atoms with Gasteiger partial charge >= 0.3 is 0 Å². The lowest BCUT2D eigenvalue weighted by atomic mass is 9.95. The molecule has 1 unspecified atom stereocenters. The van der Waals surface area contributed by atoms with Gasteiger partial charge in [-0.15, -0.1) is 0 Å². The molecule has 2 aliphatic rings. The number of aliphatic hydroxyl groups is 1. The van der Waals surface area contributed by atoms with Crippen LogP contribution in [0.1, 0.15) is 44.1 Å². The Morgan fingerprint density at radius 3 is 2.68 bits per heavy atom. The monoisotopic (exact) mass is 541 g/mol. The summed E-state index contributed by atoms with van der Waals surface area (Å²) in [6, 6.07) is 8.22. The highest BCUT2D eigenvalue weighted by atomic mass is 32.2. The molecule has 204 valence electrons. The first-order valence-electron chi connectivity index (χ1n) is 13.2. The first-order valence-corrected chi connectivity index (χ1v) is 15.3. The third kappa shape index (κ3) is 6.54. The number of ether oxygens (including phenoxy) is 1. The van der Waals surface area contributed by atoms with Crippen molar-refractivity contribution in [2.45, 2.75) is 57.7 Å². The average molecular weight is 542 g/mol. The maximum absolute atomic E-state index is 14.1. The largest absolute Gasteiger partial charge is 0.488 e. The molecule has 2 aromatic carbocycles. The van der Waals surface area contributed by atoms with E-state index in [1.807, 2.05) is 24.4 Å². The highest BCUT2D eigenvalue weighted by molar-refractivity contribution is 8.01. The Hall–Kier alpha value is -2.95. The summed E-state index contributed by atoms with van der Waals surface area (Å²) < 4.78 is 36.7. The lowest BCUT2D eigenvalue weighted by molar-refractivity contribution is 0.0668. The number of rotatable bonds is 8. The molecular weight excluding hydrogens is 505 g/mol. The standard InChI is InChI=1S/C28H36FN5O3S/c1-19-15-21(33-38(2,36)14-13-34-11-3-4-12-34)17-25-27(19)28(31-18-30-25)32-24-10-5-20(29)16-26(24)37-23-8-6-22(35)7-9-23/h5,10,14-18,22-23,35H,3-4,6-9,11-13H2,1-2H3,(H,33,36)(H,30,31,32). The van der Waals surface area contributed by atoms with Gasteiger partial charge in [-0.2, -0.15) is 0 Å². The summed E-state index contributed by atoms with van der Waals surface area (Å²) in [7, 11) is -2.39. The lowest BCUT2D eigenvalue weighted by Crippen LogP contribution is -2.26. The van der Waals surface area contributed by atoms with E-state index in [2.05, 4.69) is 24.9 Å². The number of nitrogens with zero attached hydrogens (tertiary/aromatic N) is 3. The summed E-state index contributed by atoms with van der Waals surface area (Å²) >= 11 is 0. The van der Waals surface area contributed by atoms with Crippen molar-refractivity contribution >= 4 is 43.2 Å². The quantitative estimate of drug-likeness (QED) is 0.357. The van der Waals surface area contributed by atoms with E-state index in [-0.39, 0.29) is 18.0 Å². The number of anilines is 3. The van der Waals surface area contributed by atoms with Crippen LogP contribution in [0.2, 0.25) is 0 Å². The molecule has 1 aliphatic heterocycles. The van der Waals surface area contributed by atoms with Gasteiger partial charge in [-0.1, -0.05) is 0 Å². The normalized spacial score (nSPS) is 21.7. The first kappa shape index (κ1) is 26.6. The van der Waals surface area contributed by atoms with Crippen LogP contribution in [0.15, 0.2) is 36.7 Å². The fourth-order valence-electron chi connectivity index (χ4n) is 5.20. The Balaban J connectivity index is 1.38. The number of nitrogens with one attached hydrogen (secondary N) is 2. The van der Waals surface area contributed by atoms with Crippen LogP contribution in [0.3, 0.4) is 0 Å². The summed E-state index contributed by atoms with van der Waals surface area (Å²) in [6.45, 7) is 4.77. The van der Waals surface area contributed by atoms with Gasteiger partial charge in [0.25, 0.3) is 0 Å². The molecule has 0 spiro atoms. The number of fused-ring (bicyclic) bond motifs is 1. The van der Waals surface area contributed by atoms with Crippen LogP contribution in [0, 0.1) is 12.7 Å². The zero-order valence-corrected chi connectivity index (χ0v) is 22.8. The Labute approximate surface area is 223 Å². The number of aliphatic hydroxyl groups excluding tert-OH is 1. The molecule has 3 N–H and O–H groups in total. The van der Waals surface area contributed by atoms with E-state index in [4.69, 9.17) is 4.74 Å². The maximum Gasteiger partial charge on any atom is 0.146 e. The third-order valence-corrected chi connectivity index (χ3v) is 8.67. The minimum Gasteiger partial charge on any atom is -0.488 e. The second kappa shape index (κ2) is 11.4. The Morgan fingerprint density at radius 1 is 1.16 bits per heavy atom. The molecule has 0 radical (unpaired) electrons. The van der Waals surface area contributed by atoms with Gasteiger partial charge in [0.1, 0.15) is 23.7 Å². The molecule has 1 aliphatic carbocycles. The topological polar surface area (TPSA) is 99.6 Å². The van der Waals surface area contributed by atoms with Crippen LogP contribution in [-0.4, -0.2) is 67.6 Å². The van der Waals surface area contributed by atoms with Gasteiger partial charge < -0.3 is 19.9 Å². The number of halogens is 1. The number of benzene rings is 2. The molecule has 0 bridgehead atoms. The Morgan fingerprint density at radius 2 is 1.92 bits per heavy atom. The molecule has 2 fully saturated rings. The molecule has 38 heavy (non-hydrogen) atoms. The Bertz CT molecular complexity index is 1410. The summed E-state index contributed by atoms with van der Waals surface area (Å²) in [4.78, 5) is 11.2. The van der Waals surface area contributed by atoms with Crippen molar-refractivity contribution in [3.63, 3.8) is 0 Å². The SMILES string of the molecule is Cc1cc(NS(C)(=O)=CCN2CCCC2)cc2ncnc(Nc3ccc(F)cc3OC3CCC(O)CC3)c12. The molecule has 0 amide bonds. The predicted molar refractivity (Wildman–Crippen MR) is 152 cm³/mol. The van der Waals surface area contributed by atoms with Crippen molar-refractivity contribution < 1.29 is 18.4 Å². The van der Waals surface area contributed by atoms with Gasteiger partial charge in [0.05, 0.1) is 23.4 Å². The fraction of sp³-hybridized carbons (Fsp3) is 0.464. The van der Waals surface area contributed by atoms with E-state index >= 15 is 0 Å². The van der Waals surface area contributed by atoms with Gasteiger partial charge in [0, 0.05) is 45.0 Å². The summed E-state index contributed by atoms with van der Waals surface area (Å²) in [5, 5.41) is 15.8. The van der Waals surface area contributed by atoms with Crippen molar-refractivity contribution in [1.29, 1.82) is 0 Å². The van der Waals surface area contributed by atoms with Crippen LogP contribution in [0.25, 0.3) is 10.9 Å². The van der Waals surface area contributed by atoms with Gasteiger partial charge in [0.15, 0.2) is 0 Å². The van der Waals surface area contributed by atoms with Crippen molar-refractivity contribution in [2.24, 2.45) is 0 Å². The highest BCUT2D eigenvalue weighted by Gasteiger charge is 2.22. The summed E-state index contributed by atoms with van der Waals surface area (Å²) in [5.41, 5.74) is 2.95.